The predicted octanol–water partition coefficient (Wildman–Crippen LogP) is 2.03. The highest BCUT2D eigenvalue weighted by molar-refractivity contribution is 5.82. The van der Waals surface area contributed by atoms with E-state index in [0.717, 1.165) is 43.5 Å². The van der Waals surface area contributed by atoms with Crippen LogP contribution in [0, 0.1) is 0 Å². The van der Waals surface area contributed by atoms with E-state index in [0.29, 0.717) is 18.5 Å². The van der Waals surface area contributed by atoms with Gasteiger partial charge in [-0.2, -0.15) is 0 Å². The third-order valence-electron chi connectivity index (χ3n) is 4.51. The zero-order valence-corrected chi connectivity index (χ0v) is 12.6. The van der Waals surface area contributed by atoms with Crippen LogP contribution in [0.15, 0.2) is 24.3 Å². The molecule has 0 aromatic heterocycles. The first-order chi connectivity index (χ1) is 10.3. The standard InChI is InChI=1S/C17H24N2O2/c1-2-18-13-7-9-14(10-8-13)19-17(20)16-11-12-5-3-4-6-15(12)21-16/h3-6,13-14,16,18H,2,7-11H2,1H3,(H,19,20). The van der Waals surface area contributed by atoms with Crippen molar-refractivity contribution in [2.24, 2.45) is 0 Å². The molecule has 1 heterocycles. The highest BCUT2D eigenvalue weighted by atomic mass is 16.5. The number of carbonyl (C=O) groups is 1. The Morgan fingerprint density at radius 2 is 1.90 bits per heavy atom. The second-order valence-electron chi connectivity index (χ2n) is 6.03. The van der Waals surface area contributed by atoms with Crippen LogP contribution in [0.3, 0.4) is 0 Å². The molecule has 2 N–H and O–H groups in total. The minimum atomic E-state index is -0.353. The van der Waals surface area contributed by atoms with Gasteiger partial charge >= 0.3 is 0 Å². The van der Waals surface area contributed by atoms with Gasteiger partial charge < -0.3 is 15.4 Å². The molecule has 0 radical (unpaired) electrons. The summed E-state index contributed by atoms with van der Waals surface area (Å²) < 4.78 is 5.75. The number of hydrogen-bond donors (Lipinski definition) is 2. The Morgan fingerprint density at radius 1 is 1.19 bits per heavy atom. The van der Waals surface area contributed by atoms with Crippen LogP contribution in [0.25, 0.3) is 0 Å². The maximum Gasteiger partial charge on any atom is 0.261 e. The monoisotopic (exact) mass is 288 g/mol. The fourth-order valence-electron chi connectivity index (χ4n) is 3.35. The van der Waals surface area contributed by atoms with Crippen LogP contribution in [-0.2, 0) is 11.2 Å². The van der Waals surface area contributed by atoms with E-state index in [9.17, 15) is 4.79 Å². The van der Waals surface area contributed by atoms with Gasteiger partial charge in [0.1, 0.15) is 5.75 Å². The Labute approximate surface area is 126 Å². The van der Waals surface area contributed by atoms with Crippen LogP contribution >= 0.6 is 0 Å². The average molecular weight is 288 g/mol. The van der Waals surface area contributed by atoms with Gasteiger partial charge in [0.15, 0.2) is 6.10 Å². The minimum Gasteiger partial charge on any atom is -0.480 e. The molecule has 0 spiro atoms. The summed E-state index contributed by atoms with van der Waals surface area (Å²) in [6.07, 6.45) is 4.74. The number of fused-ring (bicyclic) bond motifs is 1. The lowest BCUT2D eigenvalue weighted by atomic mass is 9.91. The van der Waals surface area contributed by atoms with Crippen molar-refractivity contribution in [1.29, 1.82) is 0 Å². The Balaban J connectivity index is 1.48. The molecule has 2 aliphatic rings. The highest BCUT2D eigenvalue weighted by Crippen LogP contribution is 2.28. The fraction of sp³-hybridized carbons (Fsp3) is 0.588. The van der Waals surface area contributed by atoms with Gasteiger partial charge in [-0.3, -0.25) is 4.79 Å². The maximum absolute atomic E-state index is 12.3. The van der Waals surface area contributed by atoms with E-state index in [-0.39, 0.29) is 12.0 Å². The molecule has 1 amide bonds. The van der Waals surface area contributed by atoms with Gasteiger partial charge in [-0.05, 0) is 43.9 Å². The number of benzene rings is 1. The van der Waals surface area contributed by atoms with E-state index in [1.54, 1.807) is 0 Å². The zero-order chi connectivity index (χ0) is 14.7. The molecule has 1 atom stereocenters. The lowest BCUT2D eigenvalue weighted by Crippen LogP contribution is -2.46. The first kappa shape index (κ1) is 14.4. The van der Waals surface area contributed by atoms with E-state index in [1.165, 1.54) is 0 Å². The largest absolute Gasteiger partial charge is 0.480 e. The second kappa shape index (κ2) is 6.48. The predicted molar refractivity (Wildman–Crippen MR) is 82.4 cm³/mol. The molecule has 1 aliphatic heterocycles. The van der Waals surface area contributed by atoms with Gasteiger partial charge in [-0.15, -0.1) is 0 Å². The molecule has 1 aliphatic carbocycles. The molecule has 4 nitrogen and oxygen atoms in total. The van der Waals surface area contributed by atoms with Crippen LogP contribution in [0.5, 0.6) is 5.75 Å². The van der Waals surface area contributed by atoms with Crippen molar-refractivity contribution in [3.63, 3.8) is 0 Å². The third-order valence-corrected chi connectivity index (χ3v) is 4.51. The minimum absolute atomic E-state index is 0.0399. The normalized spacial score (nSPS) is 27.8. The molecule has 4 heteroatoms. The van der Waals surface area contributed by atoms with E-state index in [2.05, 4.69) is 17.6 Å². The Morgan fingerprint density at radius 3 is 2.62 bits per heavy atom. The third kappa shape index (κ3) is 3.38. The summed E-state index contributed by atoms with van der Waals surface area (Å²) in [6.45, 7) is 3.17. The molecule has 1 aromatic carbocycles. The van der Waals surface area contributed by atoms with Crippen molar-refractivity contribution in [1.82, 2.24) is 10.6 Å². The van der Waals surface area contributed by atoms with E-state index >= 15 is 0 Å². The van der Waals surface area contributed by atoms with Crippen LogP contribution in [0.1, 0.15) is 38.2 Å². The van der Waals surface area contributed by atoms with Crippen LogP contribution < -0.4 is 15.4 Å². The van der Waals surface area contributed by atoms with Crippen molar-refractivity contribution in [2.75, 3.05) is 6.54 Å². The number of amides is 1. The lowest BCUT2D eigenvalue weighted by molar-refractivity contribution is -0.128. The molecule has 114 valence electrons. The number of para-hydroxylation sites is 1. The number of ether oxygens (including phenoxy) is 1. The molecular formula is C17H24N2O2. The molecule has 1 aromatic rings. The summed E-state index contributed by atoms with van der Waals surface area (Å²) in [5, 5.41) is 6.65. The molecule has 1 fully saturated rings. The number of nitrogens with one attached hydrogen (secondary N) is 2. The van der Waals surface area contributed by atoms with Crippen molar-refractivity contribution in [3.8, 4) is 5.75 Å². The van der Waals surface area contributed by atoms with Crippen molar-refractivity contribution in [2.45, 2.75) is 57.2 Å². The van der Waals surface area contributed by atoms with E-state index in [1.807, 2.05) is 24.3 Å². The zero-order valence-electron chi connectivity index (χ0n) is 12.6. The van der Waals surface area contributed by atoms with Gasteiger partial charge in [0, 0.05) is 18.5 Å². The summed E-state index contributed by atoms with van der Waals surface area (Å²) in [5.74, 6) is 0.895. The van der Waals surface area contributed by atoms with Crippen LogP contribution in [0.4, 0.5) is 0 Å². The van der Waals surface area contributed by atoms with E-state index < -0.39 is 0 Å². The van der Waals surface area contributed by atoms with Gasteiger partial charge in [0.2, 0.25) is 0 Å². The molecular weight excluding hydrogens is 264 g/mol. The van der Waals surface area contributed by atoms with Crippen molar-refractivity contribution in [3.05, 3.63) is 29.8 Å². The molecule has 3 rings (SSSR count). The highest BCUT2D eigenvalue weighted by Gasteiger charge is 2.31. The average Bonchev–Trinajstić information content (AvgIpc) is 2.94. The molecule has 21 heavy (non-hydrogen) atoms. The quantitative estimate of drug-likeness (QED) is 0.891. The summed E-state index contributed by atoms with van der Waals surface area (Å²) in [7, 11) is 0. The number of rotatable bonds is 4. The number of carbonyl (C=O) groups excluding carboxylic acids is 1. The molecule has 1 saturated carbocycles. The fourth-order valence-corrected chi connectivity index (χ4v) is 3.35. The van der Waals surface area contributed by atoms with Crippen molar-refractivity contribution < 1.29 is 9.53 Å². The van der Waals surface area contributed by atoms with Gasteiger partial charge in [0.05, 0.1) is 0 Å². The maximum atomic E-state index is 12.3. The van der Waals surface area contributed by atoms with Crippen LogP contribution in [-0.4, -0.2) is 30.6 Å². The first-order valence-electron chi connectivity index (χ1n) is 8.04. The topological polar surface area (TPSA) is 50.4 Å². The summed E-state index contributed by atoms with van der Waals surface area (Å²) >= 11 is 0. The van der Waals surface area contributed by atoms with Gasteiger partial charge in [-0.25, -0.2) is 0 Å². The Hall–Kier alpha value is -1.55. The Kier molecular flexibility index (Phi) is 4.44. The smallest absolute Gasteiger partial charge is 0.261 e. The Bertz CT molecular complexity index is 470. The molecule has 0 bridgehead atoms. The second-order valence-corrected chi connectivity index (χ2v) is 6.03. The van der Waals surface area contributed by atoms with Crippen LogP contribution in [0.2, 0.25) is 0 Å². The summed E-state index contributed by atoms with van der Waals surface area (Å²) in [6, 6.07) is 8.83. The van der Waals surface area contributed by atoms with Gasteiger partial charge in [-0.1, -0.05) is 25.1 Å². The number of hydrogen-bond acceptors (Lipinski definition) is 3. The summed E-state index contributed by atoms with van der Waals surface area (Å²) in [4.78, 5) is 12.3. The summed E-state index contributed by atoms with van der Waals surface area (Å²) in [5.41, 5.74) is 1.13. The molecule has 1 unspecified atom stereocenters. The van der Waals surface area contributed by atoms with Crippen molar-refractivity contribution >= 4 is 5.91 Å². The molecule has 0 saturated heterocycles. The SMILES string of the molecule is CCNC1CCC(NC(=O)C2Cc3ccccc3O2)CC1. The van der Waals surface area contributed by atoms with E-state index in [4.69, 9.17) is 4.74 Å². The van der Waals surface area contributed by atoms with Gasteiger partial charge in [0.25, 0.3) is 5.91 Å². The first-order valence-corrected chi connectivity index (χ1v) is 8.04. The lowest BCUT2D eigenvalue weighted by Gasteiger charge is -2.30.